The van der Waals surface area contributed by atoms with Crippen LogP contribution in [0.2, 0.25) is 0 Å². The highest BCUT2D eigenvalue weighted by Crippen LogP contribution is 2.29. The summed E-state index contributed by atoms with van der Waals surface area (Å²) in [5, 5.41) is 25.7. The minimum Gasteiger partial charge on any atom is -0.412 e. The van der Waals surface area contributed by atoms with Gasteiger partial charge >= 0.3 is 0 Å². The van der Waals surface area contributed by atoms with Crippen molar-refractivity contribution in [3.8, 4) is 0 Å². The fourth-order valence-corrected chi connectivity index (χ4v) is 7.91. The van der Waals surface area contributed by atoms with E-state index in [1.165, 1.54) is 25.7 Å². The predicted molar refractivity (Wildman–Crippen MR) is 259 cm³/mol. The van der Waals surface area contributed by atoms with Gasteiger partial charge in [0.15, 0.2) is 11.6 Å². The molecule has 0 radical (unpaired) electrons. The molecule has 2 fully saturated rings. The summed E-state index contributed by atoms with van der Waals surface area (Å²) in [7, 11) is 0. The standard InChI is InChI=1S/C37H65N5O4.C8H15NO2.C2H6.2CH4.H2O/c1-5-6-20-32(35(45)25-40-33(28(4)44)23-29-15-9-7-10-16-29)42-37(46)34(24-30-17-11-8-12-18-30)41-27(3)31(22-26(2)43)19-13-14-21-36(38)39;1-6(7(2)9)3-4-8(11)5-10;1-2;;;/h29-34,40-41H,3,5-25H2,1-2,4H3,(H3,38,39)(H,42,46);6,10H,2-5,9H2,1H3;1-2H3;2*1H4;1H2. The fraction of sp³-hybridized carbons (Fsp3) is 0.796. The van der Waals surface area contributed by atoms with Crippen molar-refractivity contribution in [3.05, 3.63) is 24.6 Å². The highest BCUT2D eigenvalue weighted by Gasteiger charge is 2.31. The number of hydrogen-bond acceptors (Lipinski definition) is 10. The van der Waals surface area contributed by atoms with Crippen molar-refractivity contribution < 1.29 is 34.6 Å². The Morgan fingerprint density at radius 1 is 0.758 bits per heavy atom. The van der Waals surface area contributed by atoms with Gasteiger partial charge in [-0.25, -0.2) is 0 Å². The van der Waals surface area contributed by atoms with E-state index in [1.54, 1.807) is 13.8 Å². The first-order valence-corrected chi connectivity index (χ1v) is 23.0. The Labute approximate surface area is 378 Å². The molecule has 13 heteroatoms. The number of nitrogens with two attached hydrogens (primary N) is 2. The molecule has 0 aromatic carbocycles. The molecule has 62 heavy (non-hydrogen) atoms. The molecule has 0 bridgehead atoms. The molecule has 5 unspecified atom stereocenters. The van der Waals surface area contributed by atoms with E-state index in [4.69, 9.17) is 22.0 Å². The van der Waals surface area contributed by atoms with Crippen LogP contribution in [-0.2, 0) is 24.0 Å². The zero-order chi connectivity index (χ0) is 44.8. The molecule has 0 spiro atoms. The Kier molecular flexibility index (Phi) is 41.2. The maximum atomic E-state index is 14.0. The van der Waals surface area contributed by atoms with Gasteiger partial charge in [-0.05, 0) is 70.1 Å². The molecule has 11 N–H and O–H groups in total. The minimum atomic E-state index is -0.634. The van der Waals surface area contributed by atoms with Crippen LogP contribution in [0.4, 0.5) is 0 Å². The van der Waals surface area contributed by atoms with Gasteiger partial charge in [0.1, 0.15) is 24.2 Å². The Hall–Kier alpha value is -3.42. The molecular formula is C49H96N6O7. The van der Waals surface area contributed by atoms with E-state index in [9.17, 15) is 24.0 Å². The van der Waals surface area contributed by atoms with E-state index in [0.717, 1.165) is 77.0 Å². The summed E-state index contributed by atoms with van der Waals surface area (Å²) in [6.45, 7) is 18.7. The van der Waals surface area contributed by atoms with Crippen molar-refractivity contribution in [3.63, 3.8) is 0 Å². The van der Waals surface area contributed by atoms with Gasteiger partial charge in [0.2, 0.25) is 5.91 Å². The third-order valence-corrected chi connectivity index (χ3v) is 11.8. The molecule has 0 aliphatic heterocycles. The average Bonchev–Trinajstić information content (AvgIpc) is 3.21. The largest absolute Gasteiger partial charge is 0.412 e. The number of amidine groups is 1. The van der Waals surface area contributed by atoms with Crippen LogP contribution in [0.15, 0.2) is 24.6 Å². The first kappa shape index (κ1) is 65.2. The van der Waals surface area contributed by atoms with Gasteiger partial charge in [-0.2, -0.15) is 0 Å². The first-order valence-electron chi connectivity index (χ1n) is 23.0. The van der Waals surface area contributed by atoms with E-state index in [1.807, 2.05) is 20.8 Å². The number of nitrogens with one attached hydrogen (secondary N) is 4. The first-order chi connectivity index (χ1) is 28.1. The number of Topliss-reactive ketones (excluding diaryl/α,β-unsaturated/α-hetero) is 4. The molecule has 0 aromatic rings. The molecule has 364 valence electrons. The van der Waals surface area contributed by atoms with E-state index < -0.39 is 12.1 Å². The molecule has 0 heterocycles. The van der Waals surface area contributed by atoms with Crippen LogP contribution in [0.3, 0.4) is 0 Å². The summed E-state index contributed by atoms with van der Waals surface area (Å²) in [6.07, 6.45) is 19.5. The lowest BCUT2D eigenvalue weighted by Crippen LogP contribution is -2.53. The van der Waals surface area contributed by atoms with E-state index in [0.29, 0.717) is 61.8 Å². The van der Waals surface area contributed by atoms with Crippen molar-refractivity contribution in [2.75, 3.05) is 13.2 Å². The number of allylic oxidation sites excluding steroid dienone is 2. The third-order valence-electron chi connectivity index (χ3n) is 11.8. The number of hydrogen-bond donors (Lipinski definition) is 7. The number of aliphatic hydroxyl groups is 1. The lowest BCUT2D eigenvalue weighted by molar-refractivity contribution is -0.129. The molecular weight excluding hydrogens is 785 g/mol. The van der Waals surface area contributed by atoms with E-state index >= 15 is 0 Å². The minimum absolute atomic E-state index is 0. The van der Waals surface area contributed by atoms with Crippen LogP contribution >= 0.6 is 0 Å². The SMILES string of the molecule is C.C.C=C(N)C(C)CCC(=O)CO.C=C(NC(CC1CCCCC1)C(=O)NC(CCCC)C(=O)CNC(CC1CCCCC1)C(C)=O)C(CCCCC(=N)N)CC(C)=O.CC.O. The second kappa shape index (κ2) is 39.2. The second-order valence-electron chi connectivity index (χ2n) is 17.0. The number of carbonyl (C=O) groups excluding carboxylic acids is 5. The molecule has 1 amide bonds. The molecule has 2 rings (SSSR count). The number of rotatable bonds is 29. The average molecular weight is 881 g/mol. The molecule has 2 aliphatic rings. The van der Waals surface area contributed by atoms with Crippen LogP contribution in [0, 0.1) is 29.1 Å². The quantitative estimate of drug-likeness (QED) is 0.0216. The summed E-state index contributed by atoms with van der Waals surface area (Å²) in [5.41, 5.74) is 12.2. The topological polar surface area (TPSA) is 249 Å². The molecule has 0 saturated heterocycles. The fourth-order valence-electron chi connectivity index (χ4n) is 7.91. The van der Waals surface area contributed by atoms with Gasteiger partial charge in [-0.1, -0.05) is 139 Å². The van der Waals surface area contributed by atoms with Crippen LogP contribution in [0.25, 0.3) is 0 Å². The van der Waals surface area contributed by atoms with Crippen molar-refractivity contribution in [1.29, 1.82) is 5.41 Å². The van der Waals surface area contributed by atoms with Gasteiger partial charge in [-0.15, -0.1) is 0 Å². The lowest BCUT2D eigenvalue weighted by atomic mass is 9.84. The van der Waals surface area contributed by atoms with Gasteiger partial charge < -0.3 is 42.8 Å². The molecule has 13 nitrogen and oxygen atoms in total. The monoisotopic (exact) mass is 881 g/mol. The van der Waals surface area contributed by atoms with Crippen LogP contribution < -0.4 is 27.4 Å². The number of carbonyl (C=O) groups is 5. The van der Waals surface area contributed by atoms with Gasteiger partial charge in [0.05, 0.1) is 24.5 Å². The van der Waals surface area contributed by atoms with Crippen molar-refractivity contribution in [2.24, 2.45) is 35.1 Å². The molecule has 2 aliphatic carbocycles. The van der Waals surface area contributed by atoms with Crippen molar-refractivity contribution in [1.82, 2.24) is 16.0 Å². The van der Waals surface area contributed by atoms with E-state index in [2.05, 4.69) is 36.0 Å². The van der Waals surface area contributed by atoms with Crippen molar-refractivity contribution in [2.45, 2.75) is 216 Å². The van der Waals surface area contributed by atoms with Crippen LogP contribution in [0.5, 0.6) is 0 Å². The number of aliphatic hydroxyl groups excluding tert-OH is 1. The number of amides is 1. The maximum absolute atomic E-state index is 14.0. The summed E-state index contributed by atoms with van der Waals surface area (Å²) in [6, 6.07) is -1.53. The van der Waals surface area contributed by atoms with Gasteiger partial charge in [0.25, 0.3) is 0 Å². The summed E-state index contributed by atoms with van der Waals surface area (Å²) >= 11 is 0. The van der Waals surface area contributed by atoms with Gasteiger partial charge in [-0.3, -0.25) is 24.6 Å². The van der Waals surface area contributed by atoms with Crippen LogP contribution in [0.1, 0.15) is 198 Å². The Morgan fingerprint density at radius 2 is 1.29 bits per heavy atom. The number of ketones is 4. The number of unbranched alkanes of at least 4 members (excludes halogenated alkanes) is 2. The highest BCUT2D eigenvalue weighted by molar-refractivity contribution is 5.92. The predicted octanol–water partition coefficient (Wildman–Crippen LogP) is 8.19. The second-order valence-corrected chi connectivity index (χ2v) is 17.0. The summed E-state index contributed by atoms with van der Waals surface area (Å²) in [4.78, 5) is 62.8. The molecule has 2 saturated carbocycles. The Balaban J connectivity index is -0.000000914. The smallest absolute Gasteiger partial charge is 0.243 e. The highest BCUT2D eigenvalue weighted by atomic mass is 16.3. The Bertz CT molecular complexity index is 1280. The normalized spacial score (nSPS) is 16.1. The lowest BCUT2D eigenvalue weighted by Gasteiger charge is -2.31. The Morgan fingerprint density at radius 3 is 1.74 bits per heavy atom. The van der Waals surface area contributed by atoms with E-state index in [-0.39, 0.29) is 86.2 Å². The molecule has 5 atom stereocenters. The zero-order valence-electron chi connectivity index (χ0n) is 38.6. The van der Waals surface area contributed by atoms with Gasteiger partial charge in [0, 0.05) is 36.6 Å². The maximum Gasteiger partial charge on any atom is 0.243 e. The van der Waals surface area contributed by atoms with Crippen LogP contribution in [-0.4, -0.2) is 76.7 Å². The summed E-state index contributed by atoms with van der Waals surface area (Å²) in [5.74, 6) is 0.811. The molecule has 0 aromatic heterocycles. The third kappa shape index (κ3) is 30.6. The summed E-state index contributed by atoms with van der Waals surface area (Å²) < 4.78 is 0. The van der Waals surface area contributed by atoms with Crippen molar-refractivity contribution >= 4 is 34.9 Å². The zero-order valence-corrected chi connectivity index (χ0v) is 38.6.